The Morgan fingerprint density at radius 2 is 2.26 bits per heavy atom. The highest BCUT2D eigenvalue weighted by Gasteiger charge is 2.29. The van der Waals surface area contributed by atoms with E-state index in [1.165, 1.54) is 0 Å². The number of hydrogen-bond acceptors (Lipinski definition) is 5. The highest BCUT2D eigenvalue weighted by atomic mass is 16.3. The van der Waals surface area contributed by atoms with Crippen LogP contribution in [-0.4, -0.2) is 40.6 Å². The highest BCUT2D eigenvalue weighted by molar-refractivity contribution is 5.94. The molecule has 0 bridgehead atoms. The number of carbonyl (C=O) groups is 1. The molecule has 19 heavy (non-hydrogen) atoms. The summed E-state index contributed by atoms with van der Waals surface area (Å²) in [5.41, 5.74) is 3.77. The van der Waals surface area contributed by atoms with E-state index in [1.807, 2.05) is 6.92 Å². The van der Waals surface area contributed by atoms with Crippen LogP contribution in [0.15, 0.2) is 12.1 Å². The zero-order chi connectivity index (χ0) is 14.0. The van der Waals surface area contributed by atoms with Crippen LogP contribution < -0.4 is 11.3 Å². The molecule has 1 saturated carbocycles. The Balaban J connectivity index is 2.03. The van der Waals surface area contributed by atoms with Gasteiger partial charge in [0.2, 0.25) is 0 Å². The molecule has 1 aliphatic carbocycles. The monoisotopic (exact) mass is 264 g/mol. The molecule has 6 nitrogen and oxygen atoms in total. The number of nitrogens with zero attached hydrogens (tertiary/aromatic N) is 2. The third-order valence-electron chi connectivity index (χ3n) is 3.44. The van der Waals surface area contributed by atoms with Gasteiger partial charge in [-0.15, -0.1) is 0 Å². The normalized spacial score (nSPS) is 21.7. The van der Waals surface area contributed by atoms with Gasteiger partial charge in [0.1, 0.15) is 5.82 Å². The predicted octanol–water partition coefficient (Wildman–Crippen LogP) is 0.519. The molecule has 0 unspecified atom stereocenters. The van der Waals surface area contributed by atoms with Gasteiger partial charge in [0.15, 0.2) is 0 Å². The summed E-state index contributed by atoms with van der Waals surface area (Å²) in [5, 5.41) is 9.26. The predicted molar refractivity (Wildman–Crippen MR) is 72.5 cm³/mol. The number of pyridine rings is 1. The van der Waals surface area contributed by atoms with Crippen molar-refractivity contribution in [1.82, 2.24) is 9.88 Å². The van der Waals surface area contributed by atoms with Crippen molar-refractivity contribution in [2.45, 2.75) is 25.9 Å². The SMILES string of the molecule is Cc1cc(C(=O)N(C)CC2CC(O)C2)cc(NN)n1. The number of nitrogens with one attached hydrogen (secondary N) is 1. The molecule has 1 heterocycles. The van der Waals surface area contributed by atoms with Gasteiger partial charge in [-0.1, -0.05) is 0 Å². The van der Waals surface area contributed by atoms with Gasteiger partial charge in [-0.05, 0) is 37.8 Å². The summed E-state index contributed by atoms with van der Waals surface area (Å²) in [7, 11) is 1.78. The average Bonchev–Trinajstić information content (AvgIpc) is 2.35. The topological polar surface area (TPSA) is 91.5 Å². The summed E-state index contributed by atoms with van der Waals surface area (Å²) in [6, 6.07) is 3.39. The summed E-state index contributed by atoms with van der Waals surface area (Å²) >= 11 is 0. The highest BCUT2D eigenvalue weighted by Crippen LogP contribution is 2.28. The van der Waals surface area contributed by atoms with E-state index in [4.69, 9.17) is 5.84 Å². The molecule has 1 aromatic rings. The van der Waals surface area contributed by atoms with Gasteiger partial charge in [0, 0.05) is 24.8 Å². The molecule has 1 amide bonds. The number of nitrogens with two attached hydrogens (primary N) is 1. The maximum atomic E-state index is 12.3. The molecule has 2 rings (SSSR count). The zero-order valence-electron chi connectivity index (χ0n) is 11.3. The maximum Gasteiger partial charge on any atom is 0.253 e. The summed E-state index contributed by atoms with van der Waals surface area (Å²) in [6.45, 7) is 2.49. The lowest BCUT2D eigenvalue weighted by atomic mass is 9.82. The lowest BCUT2D eigenvalue weighted by Crippen LogP contribution is -2.39. The van der Waals surface area contributed by atoms with Crippen molar-refractivity contribution in [3.05, 3.63) is 23.4 Å². The quantitative estimate of drug-likeness (QED) is 0.544. The van der Waals surface area contributed by atoms with Crippen molar-refractivity contribution in [3.8, 4) is 0 Å². The van der Waals surface area contributed by atoms with Crippen molar-refractivity contribution < 1.29 is 9.90 Å². The minimum Gasteiger partial charge on any atom is -0.393 e. The first-order valence-electron chi connectivity index (χ1n) is 6.38. The van der Waals surface area contributed by atoms with Gasteiger partial charge in [-0.2, -0.15) is 0 Å². The van der Waals surface area contributed by atoms with Gasteiger partial charge < -0.3 is 15.4 Å². The standard InChI is InChI=1S/C13H20N4O2/c1-8-3-10(6-12(15-8)16-14)13(19)17(2)7-9-4-11(18)5-9/h3,6,9,11,18H,4-5,7,14H2,1-2H3,(H,15,16). The fourth-order valence-corrected chi connectivity index (χ4v) is 2.41. The van der Waals surface area contributed by atoms with E-state index < -0.39 is 0 Å². The number of aromatic nitrogens is 1. The second kappa shape index (κ2) is 5.54. The Hall–Kier alpha value is -1.66. The summed E-state index contributed by atoms with van der Waals surface area (Å²) in [5.74, 6) is 6.16. The second-order valence-electron chi connectivity index (χ2n) is 5.20. The lowest BCUT2D eigenvalue weighted by Gasteiger charge is -2.34. The molecule has 104 valence electrons. The van der Waals surface area contributed by atoms with Gasteiger partial charge in [-0.25, -0.2) is 10.8 Å². The molecular weight excluding hydrogens is 244 g/mol. The number of hydrogen-bond donors (Lipinski definition) is 3. The largest absolute Gasteiger partial charge is 0.393 e. The summed E-state index contributed by atoms with van der Waals surface area (Å²) < 4.78 is 0. The lowest BCUT2D eigenvalue weighted by molar-refractivity contribution is 0.0265. The summed E-state index contributed by atoms with van der Waals surface area (Å²) in [6.07, 6.45) is 1.37. The van der Waals surface area contributed by atoms with Gasteiger partial charge >= 0.3 is 0 Å². The number of anilines is 1. The van der Waals surface area contributed by atoms with E-state index in [2.05, 4.69) is 10.4 Å². The van der Waals surface area contributed by atoms with Crippen LogP contribution in [0.1, 0.15) is 28.9 Å². The molecule has 0 atom stereocenters. The molecule has 0 aromatic carbocycles. The van der Waals surface area contributed by atoms with Crippen molar-refractivity contribution in [2.24, 2.45) is 11.8 Å². The number of amides is 1. The van der Waals surface area contributed by atoms with E-state index in [0.29, 0.717) is 23.8 Å². The van der Waals surface area contributed by atoms with Crippen molar-refractivity contribution >= 4 is 11.7 Å². The van der Waals surface area contributed by atoms with Crippen LogP contribution in [0.25, 0.3) is 0 Å². The summed E-state index contributed by atoms with van der Waals surface area (Å²) in [4.78, 5) is 18.1. The number of nitrogen functional groups attached to an aromatic ring is 1. The number of aliphatic hydroxyl groups is 1. The molecule has 1 aromatic heterocycles. The van der Waals surface area contributed by atoms with Crippen LogP contribution in [0.2, 0.25) is 0 Å². The van der Waals surface area contributed by atoms with E-state index in [1.54, 1.807) is 24.1 Å². The average molecular weight is 264 g/mol. The Kier molecular flexibility index (Phi) is 4.01. The molecule has 0 radical (unpaired) electrons. The Morgan fingerprint density at radius 3 is 2.84 bits per heavy atom. The van der Waals surface area contributed by atoms with Crippen molar-refractivity contribution in [2.75, 3.05) is 19.0 Å². The van der Waals surface area contributed by atoms with Crippen molar-refractivity contribution in [3.63, 3.8) is 0 Å². The number of rotatable bonds is 4. The molecule has 1 fully saturated rings. The third-order valence-corrected chi connectivity index (χ3v) is 3.44. The molecule has 4 N–H and O–H groups in total. The van der Waals surface area contributed by atoms with Crippen LogP contribution in [0, 0.1) is 12.8 Å². The van der Waals surface area contributed by atoms with Crippen LogP contribution in [0.3, 0.4) is 0 Å². The Bertz CT molecular complexity index is 472. The minimum absolute atomic E-state index is 0.0524. The number of aryl methyl sites for hydroxylation is 1. The number of hydrazine groups is 1. The molecular formula is C13H20N4O2. The van der Waals surface area contributed by atoms with Crippen molar-refractivity contribution in [1.29, 1.82) is 0 Å². The third kappa shape index (κ3) is 3.21. The molecule has 0 spiro atoms. The minimum atomic E-state index is -0.190. The van der Waals surface area contributed by atoms with Gasteiger partial charge in [-0.3, -0.25) is 4.79 Å². The Labute approximate surface area is 112 Å². The van der Waals surface area contributed by atoms with Crippen LogP contribution in [-0.2, 0) is 0 Å². The fourth-order valence-electron chi connectivity index (χ4n) is 2.41. The van der Waals surface area contributed by atoms with Crippen LogP contribution >= 0.6 is 0 Å². The van der Waals surface area contributed by atoms with E-state index in [-0.39, 0.29) is 12.0 Å². The Morgan fingerprint density at radius 1 is 1.58 bits per heavy atom. The van der Waals surface area contributed by atoms with Gasteiger partial charge in [0.25, 0.3) is 5.91 Å². The van der Waals surface area contributed by atoms with E-state index in [0.717, 1.165) is 18.5 Å². The first-order valence-corrected chi connectivity index (χ1v) is 6.38. The van der Waals surface area contributed by atoms with E-state index in [9.17, 15) is 9.90 Å². The smallest absolute Gasteiger partial charge is 0.253 e. The van der Waals surface area contributed by atoms with Gasteiger partial charge in [0.05, 0.1) is 6.10 Å². The fraction of sp³-hybridized carbons (Fsp3) is 0.538. The van der Waals surface area contributed by atoms with Crippen LogP contribution in [0.4, 0.5) is 5.82 Å². The number of carbonyl (C=O) groups excluding carboxylic acids is 1. The molecule has 1 aliphatic rings. The second-order valence-corrected chi connectivity index (χ2v) is 5.20. The molecule has 6 heteroatoms. The van der Waals surface area contributed by atoms with E-state index >= 15 is 0 Å². The first-order chi connectivity index (χ1) is 8.99. The molecule has 0 saturated heterocycles. The molecule has 0 aliphatic heterocycles. The zero-order valence-corrected chi connectivity index (χ0v) is 11.3. The number of aliphatic hydroxyl groups excluding tert-OH is 1. The van der Waals surface area contributed by atoms with Crippen LogP contribution in [0.5, 0.6) is 0 Å². The first kappa shape index (κ1) is 13.8. The maximum absolute atomic E-state index is 12.3.